The first kappa shape index (κ1) is 10.4. The fourth-order valence-corrected chi connectivity index (χ4v) is 2.33. The lowest BCUT2D eigenvalue weighted by molar-refractivity contribution is 0.0920. The number of methoxy groups -OCH3 is 1. The Morgan fingerprint density at radius 3 is 2.94 bits per heavy atom. The maximum Gasteiger partial charge on any atom is 0.231 e. The molecule has 0 atom stereocenters. The van der Waals surface area contributed by atoms with Gasteiger partial charge in [-0.15, -0.1) is 0 Å². The first-order valence-electron chi connectivity index (χ1n) is 5.42. The van der Waals surface area contributed by atoms with Crippen LogP contribution >= 0.6 is 0 Å². The number of ether oxygens (including phenoxy) is 3. The number of carbonyl (C=O) groups excluding carboxylic acids is 1. The predicted octanol–water partition coefficient (Wildman–Crippen LogP) is 1.05. The number of Topliss-reactive ketones (excluding diaryl/α,β-unsaturated/α-hetero) is 1. The molecule has 0 N–H and O–H groups in total. The van der Waals surface area contributed by atoms with Crippen molar-refractivity contribution in [2.24, 2.45) is 0 Å². The topological polar surface area (TPSA) is 48.0 Å². The number of nitrogens with zero attached hydrogens (tertiary/aromatic N) is 1. The number of hydrogen-bond acceptors (Lipinski definition) is 5. The number of likely N-dealkylation sites (N-methyl/N-ethyl adjacent to an activating group) is 1. The first-order chi connectivity index (χ1) is 8.20. The van der Waals surface area contributed by atoms with Crippen LogP contribution in [0.25, 0.3) is 0 Å². The fourth-order valence-electron chi connectivity index (χ4n) is 2.33. The van der Waals surface area contributed by atoms with Crippen LogP contribution < -0.4 is 14.2 Å². The van der Waals surface area contributed by atoms with Crippen LogP contribution in [0.15, 0.2) is 6.07 Å². The highest BCUT2D eigenvalue weighted by atomic mass is 16.7. The Balaban J connectivity index is 2.23. The van der Waals surface area contributed by atoms with Gasteiger partial charge in [0.25, 0.3) is 0 Å². The first-order valence-corrected chi connectivity index (χ1v) is 5.42. The van der Waals surface area contributed by atoms with Crippen molar-refractivity contribution in [1.29, 1.82) is 0 Å². The van der Waals surface area contributed by atoms with Crippen molar-refractivity contribution >= 4 is 5.78 Å². The standard InChI is InChI=1S/C12H13NO4/c1-13-4-8-7(9(14)5-13)3-10-12(11(8)15-2)17-6-16-10/h3H,4-6H2,1-2H3. The number of fused-ring (bicyclic) bond motifs is 2. The lowest BCUT2D eigenvalue weighted by Crippen LogP contribution is -2.32. The minimum absolute atomic E-state index is 0.0883. The summed E-state index contributed by atoms with van der Waals surface area (Å²) in [5.41, 5.74) is 1.57. The summed E-state index contributed by atoms with van der Waals surface area (Å²) in [6, 6.07) is 1.76. The van der Waals surface area contributed by atoms with Crippen LogP contribution in [0, 0.1) is 0 Å². The number of benzene rings is 1. The third kappa shape index (κ3) is 1.46. The molecule has 0 spiro atoms. The largest absolute Gasteiger partial charge is 0.492 e. The molecule has 0 aromatic heterocycles. The molecule has 2 aliphatic heterocycles. The van der Waals surface area contributed by atoms with Gasteiger partial charge in [-0.05, 0) is 13.1 Å². The maximum absolute atomic E-state index is 12.0. The molecule has 0 aliphatic carbocycles. The van der Waals surface area contributed by atoms with Gasteiger partial charge in [0, 0.05) is 17.7 Å². The van der Waals surface area contributed by atoms with E-state index in [4.69, 9.17) is 14.2 Å². The quantitative estimate of drug-likeness (QED) is 0.728. The van der Waals surface area contributed by atoms with Gasteiger partial charge in [0.15, 0.2) is 17.3 Å². The zero-order valence-corrected chi connectivity index (χ0v) is 9.78. The van der Waals surface area contributed by atoms with Gasteiger partial charge in [-0.2, -0.15) is 0 Å². The highest BCUT2D eigenvalue weighted by molar-refractivity contribution is 6.01. The average Bonchev–Trinajstić information content (AvgIpc) is 2.74. The predicted molar refractivity (Wildman–Crippen MR) is 59.8 cm³/mol. The van der Waals surface area contributed by atoms with Gasteiger partial charge < -0.3 is 14.2 Å². The summed E-state index contributed by atoms with van der Waals surface area (Å²) < 4.78 is 16.1. The Morgan fingerprint density at radius 1 is 1.35 bits per heavy atom. The molecular formula is C12H13NO4. The highest BCUT2D eigenvalue weighted by Gasteiger charge is 2.31. The highest BCUT2D eigenvalue weighted by Crippen LogP contribution is 2.46. The van der Waals surface area contributed by atoms with Crippen LogP contribution in [0.2, 0.25) is 0 Å². The number of carbonyl (C=O) groups is 1. The molecule has 0 saturated heterocycles. The second-order valence-electron chi connectivity index (χ2n) is 4.27. The van der Waals surface area contributed by atoms with Crippen molar-refractivity contribution in [3.05, 3.63) is 17.2 Å². The van der Waals surface area contributed by atoms with Crippen LogP contribution in [0.1, 0.15) is 15.9 Å². The van der Waals surface area contributed by atoms with Crippen molar-refractivity contribution in [2.45, 2.75) is 6.54 Å². The number of hydrogen-bond donors (Lipinski definition) is 0. The molecule has 0 saturated carbocycles. The van der Waals surface area contributed by atoms with Crippen LogP contribution in [0.4, 0.5) is 0 Å². The summed E-state index contributed by atoms with van der Waals surface area (Å²) in [6.07, 6.45) is 0. The molecule has 1 aromatic carbocycles. The molecule has 5 heteroatoms. The van der Waals surface area contributed by atoms with Crippen molar-refractivity contribution in [3.8, 4) is 17.2 Å². The second kappa shape index (κ2) is 3.63. The van der Waals surface area contributed by atoms with Gasteiger partial charge in [0.1, 0.15) is 0 Å². The molecule has 2 aliphatic rings. The molecule has 90 valence electrons. The average molecular weight is 235 g/mol. The molecule has 0 bridgehead atoms. The molecule has 0 radical (unpaired) electrons. The molecule has 0 amide bonds. The third-order valence-corrected chi connectivity index (χ3v) is 3.07. The Kier molecular flexibility index (Phi) is 2.22. The summed E-state index contributed by atoms with van der Waals surface area (Å²) in [4.78, 5) is 13.9. The molecule has 0 fully saturated rings. The van der Waals surface area contributed by atoms with E-state index in [-0.39, 0.29) is 12.6 Å². The SMILES string of the molecule is COc1c2c(cc3c1OCO3)C(=O)CN(C)C2. The smallest absolute Gasteiger partial charge is 0.231 e. The minimum Gasteiger partial charge on any atom is -0.492 e. The zero-order valence-electron chi connectivity index (χ0n) is 9.78. The van der Waals surface area contributed by atoms with E-state index in [0.29, 0.717) is 35.9 Å². The van der Waals surface area contributed by atoms with E-state index in [1.807, 2.05) is 11.9 Å². The normalized spacial score (nSPS) is 18.1. The summed E-state index contributed by atoms with van der Waals surface area (Å²) >= 11 is 0. The van der Waals surface area contributed by atoms with Crippen molar-refractivity contribution in [3.63, 3.8) is 0 Å². The second-order valence-corrected chi connectivity index (χ2v) is 4.27. The van der Waals surface area contributed by atoms with Crippen LogP contribution in [0.3, 0.4) is 0 Å². The summed E-state index contributed by atoms with van der Waals surface area (Å²) in [7, 11) is 3.49. The molecule has 2 heterocycles. The van der Waals surface area contributed by atoms with Crippen molar-refractivity contribution < 1.29 is 19.0 Å². The molecule has 1 aromatic rings. The van der Waals surface area contributed by atoms with Crippen molar-refractivity contribution in [1.82, 2.24) is 4.90 Å². The lowest BCUT2D eigenvalue weighted by Gasteiger charge is -2.25. The van der Waals surface area contributed by atoms with Gasteiger partial charge in [-0.1, -0.05) is 0 Å². The third-order valence-electron chi connectivity index (χ3n) is 3.07. The number of rotatable bonds is 1. The van der Waals surface area contributed by atoms with E-state index in [9.17, 15) is 4.79 Å². The Bertz CT molecular complexity index is 498. The maximum atomic E-state index is 12.0. The van der Waals surface area contributed by atoms with Crippen LogP contribution in [-0.4, -0.2) is 38.2 Å². The Labute approximate surface area is 98.9 Å². The molecule has 0 unspecified atom stereocenters. The molecule has 3 rings (SSSR count). The van der Waals surface area contributed by atoms with E-state index < -0.39 is 0 Å². The van der Waals surface area contributed by atoms with Gasteiger partial charge in [0.05, 0.1) is 13.7 Å². The molecular weight excluding hydrogens is 222 g/mol. The van der Waals surface area contributed by atoms with Crippen molar-refractivity contribution in [2.75, 3.05) is 27.5 Å². The fraction of sp³-hybridized carbons (Fsp3) is 0.417. The van der Waals surface area contributed by atoms with E-state index in [1.54, 1.807) is 13.2 Å². The van der Waals surface area contributed by atoms with E-state index in [0.717, 1.165) is 5.56 Å². The van der Waals surface area contributed by atoms with Gasteiger partial charge in [0.2, 0.25) is 12.5 Å². The van der Waals surface area contributed by atoms with Crippen LogP contribution in [0.5, 0.6) is 17.2 Å². The molecule has 5 nitrogen and oxygen atoms in total. The Morgan fingerprint density at radius 2 is 2.18 bits per heavy atom. The zero-order chi connectivity index (χ0) is 12.0. The lowest BCUT2D eigenvalue weighted by atomic mass is 9.97. The van der Waals surface area contributed by atoms with E-state index in [1.165, 1.54) is 0 Å². The van der Waals surface area contributed by atoms with Gasteiger partial charge >= 0.3 is 0 Å². The summed E-state index contributed by atoms with van der Waals surface area (Å²) in [6.45, 7) is 1.29. The molecule has 17 heavy (non-hydrogen) atoms. The van der Waals surface area contributed by atoms with E-state index >= 15 is 0 Å². The monoisotopic (exact) mass is 235 g/mol. The number of ketones is 1. The van der Waals surface area contributed by atoms with Gasteiger partial charge in [-0.25, -0.2) is 0 Å². The summed E-state index contributed by atoms with van der Waals surface area (Å²) in [5, 5.41) is 0. The van der Waals surface area contributed by atoms with Gasteiger partial charge in [-0.3, -0.25) is 9.69 Å². The Hall–Kier alpha value is -1.75. The minimum atomic E-state index is 0.0883. The van der Waals surface area contributed by atoms with Crippen LogP contribution in [-0.2, 0) is 6.54 Å². The van der Waals surface area contributed by atoms with E-state index in [2.05, 4.69) is 0 Å². The summed E-state index contributed by atoms with van der Waals surface area (Å²) in [5.74, 6) is 1.91.